The Morgan fingerprint density at radius 1 is 1.19 bits per heavy atom. The van der Waals surface area contributed by atoms with E-state index in [1.54, 1.807) is 0 Å². The lowest BCUT2D eigenvalue weighted by atomic mass is 9.85. The van der Waals surface area contributed by atoms with Crippen molar-refractivity contribution in [3.63, 3.8) is 0 Å². The van der Waals surface area contributed by atoms with Crippen molar-refractivity contribution in [1.29, 1.82) is 0 Å². The topological polar surface area (TPSA) is 58.2 Å². The third-order valence-corrected chi connectivity index (χ3v) is 3.04. The molecule has 2 rings (SSSR count). The van der Waals surface area contributed by atoms with Crippen molar-refractivity contribution in [1.82, 2.24) is 10.6 Å². The number of nitrogens with one attached hydrogen (secondary N) is 2. The zero-order valence-electron chi connectivity index (χ0n) is 9.12. The van der Waals surface area contributed by atoms with Crippen molar-refractivity contribution < 1.29 is 9.59 Å². The molecular weight excluding hydrogens is 204 g/mol. The summed E-state index contributed by atoms with van der Waals surface area (Å²) >= 11 is 0. The molecule has 84 valence electrons. The maximum Gasteiger partial charge on any atom is 0.310 e. The van der Waals surface area contributed by atoms with Crippen molar-refractivity contribution in [3.05, 3.63) is 35.9 Å². The van der Waals surface area contributed by atoms with Crippen molar-refractivity contribution in [2.24, 2.45) is 0 Å². The Morgan fingerprint density at radius 3 is 2.44 bits per heavy atom. The van der Waals surface area contributed by atoms with Crippen LogP contribution in [0.3, 0.4) is 0 Å². The fourth-order valence-electron chi connectivity index (χ4n) is 1.98. The van der Waals surface area contributed by atoms with Gasteiger partial charge in [-0.25, -0.2) is 0 Å². The molecule has 4 heteroatoms. The minimum atomic E-state index is -0.558. The fourth-order valence-corrected chi connectivity index (χ4v) is 1.98. The summed E-state index contributed by atoms with van der Waals surface area (Å²) in [5.74, 6) is -1.11. The molecule has 1 aromatic carbocycles. The van der Waals surface area contributed by atoms with Crippen LogP contribution in [-0.4, -0.2) is 18.4 Å². The van der Waals surface area contributed by atoms with Gasteiger partial charge >= 0.3 is 11.8 Å². The summed E-state index contributed by atoms with van der Waals surface area (Å²) in [7, 11) is 0. The molecule has 0 radical (unpaired) electrons. The Balaban J connectivity index is 2.34. The van der Waals surface area contributed by atoms with E-state index in [1.165, 1.54) is 0 Å². The van der Waals surface area contributed by atoms with Gasteiger partial charge in [-0.2, -0.15) is 0 Å². The predicted molar refractivity (Wildman–Crippen MR) is 59.6 cm³/mol. The van der Waals surface area contributed by atoms with Crippen LogP contribution in [0.25, 0.3) is 0 Å². The molecule has 0 aromatic heterocycles. The third-order valence-electron chi connectivity index (χ3n) is 3.04. The van der Waals surface area contributed by atoms with Crippen molar-refractivity contribution in [2.75, 3.05) is 6.54 Å². The largest absolute Gasteiger partial charge is 0.345 e. The Bertz CT molecular complexity index is 416. The molecule has 1 saturated heterocycles. The highest BCUT2D eigenvalue weighted by Crippen LogP contribution is 2.25. The number of benzene rings is 1. The number of rotatable bonds is 2. The summed E-state index contributed by atoms with van der Waals surface area (Å²) in [6.07, 6.45) is 0.739. The summed E-state index contributed by atoms with van der Waals surface area (Å²) < 4.78 is 0. The molecule has 1 heterocycles. The van der Waals surface area contributed by atoms with Gasteiger partial charge in [-0.1, -0.05) is 37.3 Å². The zero-order chi connectivity index (χ0) is 11.6. The Hall–Kier alpha value is -1.84. The van der Waals surface area contributed by atoms with Crippen LogP contribution in [0, 0.1) is 0 Å². The lowest BCUT2D eigenvalue weighted by molar-refractivity contribution is -0.143. The Labute approximate surface area is 94.0 Å². The van der Waals surface area contributed by atoms with Crippen molar-refractivity contribution in [3.8, 4) is 0 Å². The number of amides is 2. The average molecular weight is 218 g/mol. The van der Waals surface area contributed by atoms with Crippen LogP contribution in [-0.2, 0) is 15.1 Å². The normalized spacial score (nSPS) is 24.8. The molecule has 1 aromatic rings. The van der Waals surface area contributed by atoms with Gasteiger partial charge in [0.05, 0.1) is 5.54 Å². The molecule has 0 spiro atoms. The van der Waals surface area contributed by atoms with Gasteiger partial charge in [-0.3, -0.25) is 9.59 Å². The van der Waals surface area contributed by atoms with Gasteiger partial charge in [0.2, 0.25) is 0 Å². The molecule has 1 fully saturated rings. The molecule has 0 bridgehead atoms. The van der Waals surface area contributed by atoms with E-state index in [1.807, 2.05) is 37.3 Å². The highest BCUT2D eigenvalue weighted by molar-refractivity contribution is 6.35. The monoisotopic (exact) mass is 218 g/mol. The van der Waals surface area contributed by atoms with Crippen molar-refractivity contribution >= 4 is 11.8 Å². The predicted octanol–water partition coefficient (Wildman–Crippen LogP) is 0.538. The molecule has 1 atom stereocenters. The number of hydrogen-bond acceptors (Lipinski definition) is 2. The van der Waals surface area contributed by atoms with Crippen LogP contribution in [0.15, 0.2) is 30.3 Å². The molecular formula is C12H14N2O2. The number of hydrogen-bond donors (Lipinski definition) is 2. The Morgan fingerprint density at radius 2 is 1.88 bits per heavy atom. The molecule has 0 saturated carbocycles. The molecule has 1 unspecified atom stereocenters. The number of carbonyl (C=O) groups excluding carboxylic acids is 2. The summed E-state index contributed by atoms with van der Waals surface area (Å²) in [6.45, 7) is 2.43. The molecule has 1 aliphatic heterocycles. The van der Waals surface area contributed by atoms with Crippen LogP contribution in [0.4, 0.5) is 0 Å². The Kier molecular flexibility index (Phi) is 2.64. The SMILES string of the molecule is CCC1(c2ccccc2)CNC(=O)C(=O)N1. The molecule has 1 aliphatic rings. The van der Waals surface area contributed by atoms with Gasteiger partial charge in [0.15, 0.2) is 0 Å². The molecule has 2 amide bonds. The van der Waals surface area contributed by atoms with E-state index >= 15 is 0 Å². The van der Waals surface area contributed by atoms with Crippen LogP contribution in [0.1, 0.15) is 18.9 Å². The molecule has 4 nitrogen and oxygen atoms in total. The van der Waals surface area contributed by atoms with E-state index < -0.39 is 17.4 Å². The van der Waals surface area contributed by atoms with Gasteiger partial charge < -0.3 is 10.6 Å². The highest BCUT2D eigenvalue weighted by atomic mass is 16.2. The van der Waals surface area contributed by atoms with Gasteiger partial charge in [-0.15, -0.1) is 0 Å². The summed E-state index contributed by atoms with van der Waals surface area (Å²) in [5, 5.41) is 5.42. The van der Waals surface area contributed by atoms with E-state index in [9.17, 15) is 9.59 Å². The zero-order valence-corrected chi connectivity index (χ0v) is 9.12. The summed E-state index contributed by atoms with van der Waals surface area (Å²) in [4.78, 5) is 22.5. The number of carbonyl (C=O) groups is 2. The van der Waals surface area contributed by atoms with E-state index in [2.05, 4.69) is 10.6 Å². The minimum Gasteiger partial charge on any atom is -0.345 e. The second kappa shape index (κ2) is 3.96. The maximum absolute atomic E-state index is 11.4. The van der Waals surface area contributed by atoms with Gasteiger partial charge in [0.25, 0.3) is 0 Å². The van der Waals surface area contributed by atoms with E-state index in [0.29, 0.717) is 6.54 Å². The van der Waals surface area contributed by atoms with Crippen molar-refractivity contribution in [2.45, 2.75) is 18.9 Å². The third kappa shape index (κ3) is 1.66. The second-order valence-corrected chi connectivity index (χ2v) is 3.94. The van der Waals surface area contributed by atoms with Crippen LogP contribution >= 0.6 is 0 Å². The smallest absolute Gasteiger partial charge is 0.310 e. The first kappa shape index (κ1) is 10.7. The van der Waals surface area contributed by atoms with Crippen LogP contribution < -0.4 is 10.6 Å². The quantitative estimate of drug-likeness (QED) is 0.712. The van der Waals surface area contributed by atoms with Gasteiger partial charge in [0.1, 0.15) is 0 Å². The summed E-state index contributed by atoms with van der Waals surface area (Å²) in [5.41, 5.74) is 0.553. The fraction of sp³-hybridized carbons (Fsp3) is 0.333. The molecule has 2 N–H and O–H groups in total. The first-order valence-electron chi connectivity index (χ1n) is 5.34. The first-order valence-corrected chi connectivity index (χ1v) is 5.34. The highest BCUT2D eigenvalue weighted by Gasteiger charge is 2.38. The average Bonchev–Trinajstić information content (AvgIpc) is 2.34. The van der Waals surface area contributed by atoms with Crippen LogP contribution in [0.5, 0.6) is 0 Å². The minimum absolute atomic E-state index is 0.443. The lowest BCUT2D eigenvalue weighted by Crippen LogP contribution is -2.62. The van der Waals surface area contributed by atoms with E-state index in [0.717, 1.165) is 12.0 Å². The van der Waals surface area contributed by atoms with Gasteiger partial charge in [-0.05, 0) is 12.0 Å². The number of piperazine rings is 1. The van der Waals surface area contributed by atoms with E-state index in [-0.39, 0.29) is 0 Å². The molecule has 16 heavy (non-hydrogen) atoms. The van der Waals surface area contributed by atoms with Gasteiger partial charge in [0, 0.05) is 6.54 Å². The lowest BCUT2D eigenvalue weighted by Gasteiger charge is -2.37. The van der Waals surface area contributed by atoms with Crippen LogP contribution in [0.2, 0.25) is 0 Å². The first-order chi connectivity index (χ1) is 7.68. The molecule has 0 aliphatic carbocycles. The maximum atomic E-state index is 11.4. The standard InChI is InChI=1S/C12H14N2O2/c1-2-12(9-6-4-3-5-7-9)8-13-10(15)11(16)14-12/h3-7H,2,8H2,1H3,(H,13,15)(H,14,16). The second-order valence-electron chi connectivity index (χ2n) is 3.94. The summed E-state index contributed by atoms with van der Waals surface area (Å²) in [6, 6.07) is 9.70. The van der Waals surface area contributed by atoms with E-state index in [4.69, 9.17) is 0 Å².